The molecule has 1 fully saturated rings. The monoisotopic (exact) mass is 398 g/mol. The molecule has 0 aliphatic carbocycles. The molecule has 4 amide bonds. The van der Waals surface area contributed by atoms with Gasteiger partial charge in [0.25, 0.3) is 5.91 Å². The Morgan fingerprint density at radius 3 is 2.64 bits per heavy atom. The number of hydrazone groups is 1. The number of urea groups is 1. The lowest BCUT2D eigenvalue weighted by Crippen LogP contribution is -2.40. The van der Waals surface area contributed by atoms with Gasteiger partial charge in [-0.3, -0.25) is 14.5 Å². The maximum absolute atomic E-state index is 12.4. The lowest BCUT2D eigenvalue weighted by Gasteiger charge is -2.15. The Hall–Kier alpha value is -3.24. The molecule has 1 aliphatic heterocycles. The fourth-order valence-corrected chi connectivity index (χ4v) is 2.43. The van der Waals surface area contributed by atoms with Crippen molar-refractivity contribution in [2.24, 2.45) is 5.10 Å². The summed E-state index contributed by atoms with van der Waals surface area (Å²) in [5.74, 6) is -0.996. The third kappa shape index (κ3) is 5.15. The van der Waals surface area contributed by atoms with Crippen LogP contribution in [-0.2, 0) is 9.59 Å². The number of ether oxygens (including phenoxy) is 2. The molecule has 1 aliphatic rings. The highest BCUT2D eigenvalue weighted by Crippen LogP contribution is 2.28. The van der Waals surface area contributed by atoms with Crippen molar-refractivity contribution in [2.75, 3.05) is 13.7 Å². The van der Waals surface area contributed by atoms with Gasteiger partial charge in [-0.25, -0.2) is 10.2 Å². The van der Waals surface area contributed by atoms with Crippen molar-refractivity contribution >= 4 is 24.1 Å². The molecule has 1 heterocycles. The Morgan fingerprint density at radius 1 is 1.36 bits per heavy atom. The standard InChI is InChI=1S/C17H20F2N4O5/c1-17(2)14(25)23(16(26)21-17)7-6-13(24)22-20-9-10-4-5-11(27-3)12(8-10)28-15(18)19/h4-5,8-9,15H,6-7H2,1-3H3,(H,21,26)(H,22,24)/b20-9-. The van der Waals surface area contributed by atoms with Gasteiger partial charge in [0.15, 0.2) is 11.5 Å². The quantitative estimate of drug-likeness (QED) is 0.392. The lowest BCUT2D eigenvalue weighted by molar-refractivity contribution is -0.130. The predicted molar refractivity (Wildman–Crippen MR) is 94.3 cm³/mol. The van der Waals surface area contributed by atoms with E-state index in [4.69, 9.17) is 4.74 Å². The number of nitrogens with one attached hydrogen (secondary N) is 2. The van der Waals surface area contributed by atoms with Gasteiger partial charge in [0.1, 0.15) is 5.54 Å². The molecule has 0 aromatic heterocycles. The molecule has 1 saturated heterocycles. The number of carbonyl (C=O) groups is 3. The molecule has 2 N–H and O–H groups in total. The van der Waals surface area contributed by atoms with E-state index in [2.05, 4.69) is 20.6 Å². The van der Waals surface area contributed by atoms with Crippen molar-refractivity contribution in [2.45, 2.75) is 32.4 Å². The van der Waals surface area contributed by atoms with Crippen LogP contribution >= 0.6 is 0 Å². The molecule has 0 radical (unpaired) electrons. The number of rotatable bonds is 8. The number of halogens is 2. The van der Waals surface area contributed by atoms with E-state index in [1.165, 1.54) is 31.5 Å². The van der Waals surface area contributed by atoms with E-state index in [0.29, 0.717) is 5.56 Å². The number of benzene rings is 1. The molecule has 28 heavy (non-hydrogen) atoms. The van der Waals surface area contributed by atoms with Gasteiger partial charge in [0.05, 0.1) is 13.3 Å². The summed E-state index contributed by atoms with van der Waals surface area (Å²) >= 11 is 0. The summed E-state index contributed by atoms with van der Waals surface area (Å²) in [6.07, 6.45) is 1.08. The Kier molecular flexibility index (Phi) is 6.49. The van der Waals surface area contributed by atoms with Gasteiger partial charge in [-0.05, 0) is 37.6 Å². The van der Waals surface area contributed by atoms with Gasteiger partial charge < -0.3 is 14.8 Å². The minimum absolute atomic E-state index is 0.0929. The normalized spacial score (nSPS) is 15.9. The SMILES string of the molecule is COc1ccc(/C=N\NC(=O)CCN2C(=O)NC(C)(C)C2=O)cc1OC(F)F. The van der Waals surface area contributed by atoms with Gasteiger partial charge in [-0.1, -0.05) is 0 Å². The largest absolute Gasteiger partial charge is 0.493 e. The van der Waals surface area contributed by atoms with Crippen LogP contribution in [0.1, 0.15) is 25.8 Å². The fourth-order valence-electron chi connectivity index (χ4n) is 2.43. The number of hydrogen-bond acceptors (Lipinski definition) is 6. The molecule has 2 rings (SSSR count). The van der Waals surface area contributed by atoms with Crippen molar-refractivity contribution in [3.05, 3.63) is 23.8 Å². The second-order valence-electron chi connectivity index (χ2n) is 6.34. The van der Waals surface area contributed by atoms with E-state index in [0.717, 1.165) is 4.90 Å². The summed E-state index contributed by atoms with van der Waals surface area (Å²) in [6, 6.07) is 3.66. The number of nitrogens with zero attached hydrogens (tertiary/aromatic N) is 2. The Balaban J connectivity index is 1.90. The first-order valence-corrected chi connectivity index (χ1v) is 8.23. The number of methoxy groups -OCH3 is 1. The van der Waals surface area contributed by atoms with Gasteiger partial charge in [0, 0.05) is 13.0 Å². The zero-order valence-corrected chi connectivity index (χ0v) is 15.5. The Bertz CT molecular complexity index is 798. The van der Waals surface area contributed by atoms with Crippen LogP contribution in [0, 0.1) is 0 Å². The first kappa shape index (κ1) is 21.1. The average Bonchev–Trinajstić information content (AvgIpc) is 2.80. The fraction of sp³-hybridized carbons (Fsp3) is 0.412. The van der Waals surface area contributed by atoms with Crippen LogP contribution in [0.15, 0.2) is 23.3 Å². The summed E-state index contributed by atoms with van der Waals surface area (Å²) in [5, 5.41) is 6.23. The summed E-state index contributed by atoms with van der Waals surface area (Å²) in [6.45, 7) is 0.0256. The number of amides is 4. The third-order valence-corrected chi connectivity index (χ3v) is 3.81. The van der Waals surface area contributed by atoms with Gasteiger partial charge in [-0.15, -0.1) is 0 Å². The minimum atomic E-state index is -3.02. The molecule has 152 valence electrons. The van der Waals surface area contributed by atoms with Crippen molar-refractivity contribution in [1.82, 2.24) is 15.6 Å². The van der Waals surface area contributed by atoms with E-state index in [-0.39, 0.29) is 24.5 Å². The third-order valence-electron chi connectivity index (χ3n) is 3.81. The van der Waals surface area contributed by atoms with Gasteiger partial charge in [0.2, 0.25) is 5.91 Å². The Morgan fingerprint density at radius 2 is 2.07 bits per heavy atom. The zero-order valence-electron chi connectivity index (χ0n) is 15.5. The lowest BCUT2D eigenvalue weighted by atomic mass is 10.1. The summed E-state index contributed by atoms with van der Waals surface area (Å²) in [7, 11) is 1.31. The van der Waals surface area contributed by atoms with E-state index in [9.17, 15) is 23.2 Å². The molecular formula is C17H20F2N4O5. The smallest absolute Gasteiger partial charge is 0.387 e. The van der Waals surface area contributed by atoms with Gasteiger partial charge >= 0.3 is 12.6 Å². The molecule has 1 aromatic rings. The highest BCUT2D eigenvalue weighted by Gasteiger charge is 2.43. The average molecular weight is 398 g/mol. The topological polar surface area (TPSA) is 109 Å². The summed E-state index contributed by atoms with van der Waals surface area (Å²) in [4.78, 5) is 36.5. The van der Waals surface area contributed by atoms with Crippen LogP contribution in [0.25, 0.3) is 0 Å². The van der Waals surface area contributed by atoms with E-state index in [1.54, 1.807) is 13.8 Å². The second kappa shape index (κ2) is 8.63. The van der Waals surface area contributed by atoms with E-state index in [1.807, 2.05) is 0 Å². The molecule has 0 atom stereocenters. The van der Waals surface area contributed by atoms with Crippen molar-refractivity contribution in [3.63, 3.8) is 0 Å². The molecule has 0 spiro atoms. The number of hydrogen-bond donors (Lipinski definition) is 2. The summed E-state index contributed by atoms with van der Waals surface area (Å²) in [5.41, 5.74) is 1.62. The van der Waals surface area contributed by atoms with Crippen LogP contribution < -0.4 is 20.2 Å². The molecule has 0 unspecified atom stereocenters. The first-order valence-electron chi connectivity index (χ1n) is 8.23. The van der Waals surface area contributed by atoms with Crippen LogP contribution in [0.3, 0.4) is 0 Å². The molecule has 0 bridgehead atoms. The van der Waals surface area contributed by atoms with Crippen LogP contribution in [0.5, 0.6) is 11.5 Å². The zero-order chi connectivity index (χ0) is 20.9. The predicted octanol–water partition coefficient (Wildman–Crippen LogP) is 1.47. The Labute approximate surface area is 159 Å². The minimum Gasteiger partial charge on any atom is -0.493 e. The van der Waals surface area contributed by atoms with Crippen LogP contribution in [0.4, 0.5) is 13.6 Å². The maximum Gasteiger partial charge on any atom is 0.387 e. The highest BCUT2D eigenvalue weighted by molar-refractivity contribution is 6.06. The molecular weight excluding hydrogens is 378 g/mol. The second-order valence-corrected chi connectivity index (χ2v) is 6.34. The molecule has 9 nitrogen and oxygen atoms in total. The van der Waals surface area contributed by atoms with Gasteiger partial charge in [-0.2, -0.15) is 13.9 Å². The number of imide groups is 1. The summed E-state index contributed by atoms with van der Waals surface area (Å²) < 4.78 is 34.1. The molecule has 1 aromatic carbocycles. The van der Waals surface area contributed by atoms with E-state index >= 15 is 0 Å². The number of alkyl halides is 2. The first-order chi connectivity index (χ1) is 13.1. The van der Waals surface area contributed by atoms with Crippen molar-refractivity contribution in [3.8, 4) is 11.5 Å². The van der Waals surface area contributed by atoms with Crippen molar-refractivity contribution < 1.29 is 32.6 Å². The van der Waals surface area contributed by atoms with Crippen LogP contribution in [-0.4, -0.2) is 54.8 Å². The van der Waals surface area contributed by atoms with Crippen LogP contribution in [0.2, 0.25) is 0 Å². The molecule has 0 saturated carbocycles. The molecule has 11 heteroatoms. The highest BCUT2D eigenvalue weighted by atomic mass is 19.3. The van der Waals surface area contributed by atoms with Crippen molar-refractivity contribution in [1.29, 1.82) is 0 Å². The maximum atomic E-state index is 12.4. The number of carbonyl (C=O) groups excluding carboxylic acids is 3. The van der Waals surface area contributed by atoms with E-state index < -0.39 is 30.0 Å².